The molecule has 2 aromatic carbocycles. The number of aromatic nitrogens is 1. The van der Waals surface area contributed by atoms with E-state index in [2.05, 4.69) is 28.0 Å². The molecule has 0 saturated carbocycles. The first-order valence-electron chi connectivity index (χ1n) is 7.73. The number of rotatable bonds is 5. The van der Waals surface area contributed by atoms with E-state index < -0.39 is 5.91 Å². The maximum Gasteiger partial charge on any atom is 0.286 e. The number of aromatic amines is 1. The average Bonchev–Trinajstić information content (AvgIpc) is 3.20. The summed E-state index contributed by atoms with van der Waals surface area (Å²) in [6.45, 7) is 0. The van der Waals surface area contributed by atoms with Gasteiger partial charge in [0.05, 0.1) is 0 Å². The van der Waals surface area contributed by atoms with E-state index in [0.717, 1.165) is 11.3 Å². The standard InChI is InChI=1S/C19H17N3O2S/c23-18(21-22-19(24)17-7-4-12-20-17)15-10-8-14(9-11-15)13-25-16-5-2-1-3-6-16/h1-12,20H,13H2,(H,21,23)(H,22,24). The number of hydrogen-bond donors (Lipinski definition) is 3. The summed E-state index contributed by atoms with van der Waals surface area (Å²) < 4.78 is 0. The molecular weight excluding hydrogens is 334 g/mol. The monoisotopic (exact) mass is 351 g/mol. The Morgan fingerprint density at radius 1 is 0.840 bits per heavy atom. The summed E-state index contributed by atoms with van der Waals surface area (Å²) >= 11 is 1.74. The lowest BCUT2D eigenvalue weighted by Crippen LogP contribution is -2.41. The van der Waals surface area contributed by atoms with Gasteiger partial charge in [-0.2, -0.15) is 0 Å². The highest BCUT2D eigenvalue weighted by atomic mass is 32.2. The summed E-state index contributed by atoms with van der Waals surface area (Å²) in [5, 5.41) is 0. The Morgan fingerprint density at radius 3 is 2.24 bits per heavy atom. The first-order valence-corrected chi connectivity index (χ1v) is 8.72. The van der Waals surface area contributed by atoms with Gasteiger partial charge in [0, 0.05) is 22.4 Å². The molecule has 0 saturated heterocycles. The molecule has 2 amide bonds. The minimum absolute atomic E-state index is 0.359. The van der Waals surface area contributed by atoms with Gasteiger partial charge in [0.1, 0.15) is 5.69 Å². The number of nitrogens with one attached hydrogen (secondary N) is 3. The molecular formula is C19H17N3O2S. The van der Waals surface area contributed by atoms with Crippen LogP contribution in [0.2, 0.25) is 0 Å². The summed E-state index contributed by atoms with van der Waals surface area (Å²) in [7, 11) is 0. The Morgan fingerprint density at radius 2 is 1.56 bits per heavy atom. The second kappa shape index (κ2) is 8.21. The highest BCUT2D eigenvalue weighted by Gasteiger charge is 2.09. The summed E-state index contributed by atoms with van der Waals surface area (Å²) in [4.78, 5) is 27.8. The minimum Gasteiger partial charge on any atom is -0.357 e. The van der Waals surface area contributed by atoms with Crippen LogP contribution in [0.1, 0.15) is 26.4 Å². The zero-order valence-corrected chi connectivity index (χ0v) is 14.2. The zero-order chi connectivity index (χ0) is 17.5. The van der Waals surface area contributed by atoms with Crippen LogP contribution in [0.15, 0.2) is 77.8 Å². The lowest BCUT2D eigenvalue weighted by molar-refractivity contribution is 0.0844. The molecule has 0 aliphatic heterocycles. The van der Waals surface area contributed by atoms with Crippen molar-refractivity contribution in [2.75, 3.05) is 0 Å². The van der Waals surface area contributed by atoms with Gasteiger partial charge in [0.25, 0.3) is 11.8 Å². The summed E-state index contributed by atoms with van der Waals surface area (Å²) in [5.74, 6) is 0.0755. The van der Waals surface area contributed by atoms with Gasteiger partial charge in [-0.15, -0.1) is 11.8 Å². The van der Waals surface area contributed by atoms with E-state index in [9.17, 15) is 9.59 Å². The van der Waals surface area contributed by atoms with Crippen LogP contribution in [-0.4, -0.2) is 16.8 Å². The van der Waals surface area contributed by atoms with E-state index in [0.29, 0.717) is 11.3 Å². The molecule has 0 unspecified atom stereocenters. The molecule has 3 N–H and O–H groups in total. The summed E-state index contributed by atoms with van der Waals surface area (Å²) in [6.07, 6.45) is 1.64. The van der Waals surface area contributed by atoms with Crippen LogP contribution in [0.3, 0.4) is 0 Å². The molecule has 25 heavy (non-hydrogen) atoms. The maximum atomic E-state index is 12.1. The smallest absolute Gasteiger partial charge is 0.286 e. The van der Waals surface area contributed by atoms with E-state index in [-0.39, 0.29) is 5.91 Å². The number of benzene rings is 2. The van der Waals surface area contributed by atoms with Crippen molar-refractivity contribution in [2.24, 2.45) is 0 Å². The number of hydrazine groups is 1. The SMILES string of the molecule is O=C(NNC(=O)c1ccc[nH]1)c1ccc(CSc2ccccc2)cc1. The number of amides is 2. The van der Waals surface area contributed by atoms with Crippen molar-refractivity contribution >= 4 is 23.6 Å². The van der Waals surface area contributed by atoms with Crippen LogP contribution in [0.5, 0.6) is 0 Å². The molecule has 0 aliphatic carbocycles. The molecule has 5 nitrogen and oxygen atoms in total. The van der Waals surface area contributed by atoms with Gasteiger partial charge in [-0.25, -0.2) is 0 Å². The molecule has 1 heterocycles. The molecule has 3 rings (SSSR count). The molecule has 3 aromatic rings. The quantitative estimate of drug-likeness (QED) is 0.487. The fourth-order valence-electron chi connectivity index (χ4n) is 2.16. The molecule has 126 valence electrons. The summed E-state index contributed by atoms with van der Waals surface area (Å²) in [5.41, 5.74) is 6.77. The second-order valence-corrected chi connectivity index (χ2v) is 6.34. The molecule has 0 bridgehead atoms. The van der Waals surface area contributed by atoms with Crippen LogP contribution >= 0.6 is 11.8 Å². The van der Waals surface area contributed by atoms with E-state index in [1.807, 2.05) is 30.3 Å². The molecule has 0 fully saturated rings. The number of carbonyl (C=O) groups is 2. The molecule has 0 spiro atoms. The molecule has 1 aromatic heterocycles. The third-order valence-electron chi connectivity index (χ3n) is 3.50. The number of carbonyl (C=O) groups excluding carboxylic acids is 2. The Bertz CT molecular complexity index is 831. The predicted molar refractivity (Wildman–Crippen MR) is 98.2 cm³/mol. The third-order valence-corrected chi connectivity index (χ3v) is 4.58. The Kier molecular flexibility index (Phi) is 5.53. The van der Waals surface area contributed by atoms with E-state index in [1.165, 1.54) is 4.90 Å². The summed E-state index contributed by atoms with van der Waals surface area (Å²) in [6, 6.07) is 20.8. The van der Waals surface area contributed by atoms with Crippen molar-refractivity contribution in [3.05, 3.63) is 89.7 Å². The minimum atomic E-state index is -0.394. The van der Waals surface area contributed by atoms with Crippen molar-refractivity contribution in [2.45, 2.75) is 10.6 Å². The average molecular weight is 351 g/mol. The van der Waals surface area contributed by atoms with Gasteiger partial charge in [-0.3, -0.25) is 20.4 Å². The molecule has 6 heteroatoms. The van der Waals surface area contributed by atoms with E-state index in [1.54, 1.807) is 42.2 Å². The zero-order valence-electron chi connectivity index (χ0n) is 13.4. The third kappa shape index (κ3) is 4.74. The van der Waals surface area contributed by atoms with Crippen molar-refractivity contribution in [1.82, 2.24) is 15.8 Å². The topological polar surface area (TPSA) is 74.0 Å². The lowest BCUT2D eigenvalue weighted by Gasteiger charge is -2.07. The Balaban J connectivity index is 1.51. The predicted octanol–water partition coefficient (Wildman–Crippen LogP) is 3.38. The maximum absolute atomic E-state index is 12.1. The lowest BCUT2D eigenvalue weighted by atomic mass is 10.1. The number of thioether (sulfide) groups is 1. The number of H-pyrrole nitrogens is 1. The van der Waals surface area contributed by atoms with Crippen molar-refractivity contribution in [1.29, 1.82) is 0 Å². The number of hydrogen-bond acceptors (Lipinski definition) is 3. The van der Waals surface area contributed by atoms with Crippen LogP contribution < -0.4 is 10.9 Å². The van der Waals surface area contributed by atoms with Gasteiger partial charge in [0.15, 0.2) is 0 Å². The normalized spacial score (nSPS) is 10.2. The van der Waals surface area contributed by atoms with Crippen LogP contribution in [0, 0.1) is 0 Å². The van der Waals surface area contributed by atoms with Crippen molar-refractivity contribution in [3.63, 3.8) is 0 Å². The van der Waals surface area contributed by atoms with Gasteiger partial charge in [-0.05, 0) is 42.0 Å². The molecule has 0 aliphatic rings. The second-order valence-electron chi connectivity index (χ2n) is 5.29. The first kappa shape index (κ1) is 16.9. The van der Waals surface area contributed by atoms with Crippen LogP contribution in [-0.2, 0) is 5.75 Å². The van der Waals surface area contributed by atoms with Crippen LogP contribution in [0.4, 0.5) is 0 Å². The largest absolute Gasteiger partial charge is 0.357 e. The van der Waals surface area contributed by atoms with E-state index in [4.69, 9.17) is 0 Å². The Labute approximate surface area is 149 Å². The van der Waals surface area contributed by atoms with E-state index >= 15 is 0 Å². The van der Waals surface area contributed by atoms with Crippen LogP contribution in [0.25, 0.3) is 0 Å². The highest BCUT2D eigenvalue weighted by molar-refractivity contribution is 7.98. The van der Waals surface area contributed by atoms with Crippen molar-refractivity contribution in [3.8, 4) is 0 Å². The molecule has 0 atom stereocenters. The van der Waals surface area contributed by atoms with Gasteiger partial charge < -0.3 is 4.98 Å². The van der Waals surface area contributed by atoms with Gasteiger partial charge >= 0.3 is 0 Å². The van der Waals surface area contributed by atoms with Crippen molar-refractivity contribution < 1.29 is 9.59 Å². The van der Waals surface area contributed by atoms with Gasteiger partial charge in [0.2, 0.25) is 0 Å². The van der Waals surface area contributed by atoms with Gasteiger partial charge in [-0.1, -0.05) is 30.3 Å². The highest BCUT2D eigenvalue weighted by Crippen LogP contribution is 2.22. The Hall–Kier alpha value is -2.99. The fraction of sp³-hybridized carbons (Fsp3) is 0.0526. The fourth-order valence-corrected chi connectivity index (χ4v) is 3.04. The first-order chi connectivity index (χ1) is 12.2. The molecule has 0 radical (unpaired) electrons.